The van der Waals surface area contributed by atoms with Crippen molar-refractivity contribution in [1.29, 1.82) is 0 Å². The molecule has 0 unspecified atom stereocenters. The smallest absolute Gasteiger partial charge is 0.0894 e. The lowest BCUT2D eigenvalue weighted by Crippen LogP contribution is -1.92. The summed E-state index contributed by atoms with van der Waals surface area (Å²) in [6, 6.07) is 14.6. The number of fused-ring (bicyclic) bond motifs is 1. The fourth-order valence-electron chi connectivity index (χ4n) is 2.36. The van der Waals surface area contributed by atoms with Crippen LogP contribution in [0.4, 0.5) is 0 Å². The number of benzene rings is 1. The minimum absolute atomic E-state index is 0.933. The predicted molar refractivity (Wildman–Crippen MR) is 79.2 cm³/mol. The highest BCUT2D eigenvalue weighted by molar-refractivity contribution is 5.81. The van der Waals surface area contributed by atoms with E-state index in [-0.39, 0.29) is 0 Å². The monoisotopic (exact) mass is 248 g/mol. The normalized spacial score (nSPS) is 10.9. The molecule has 2 heterocycles. The summed E-state index contributed by atoms with van der Waals surface area (Å²) in [4.78, 5) is 9.27. The lowest BCUT2D eigenvalue weighted by molar-refractivity contribution is 1.16. The first-order chi connectivity index (χ1) is 9.11. The molecule has 19 heavy (non-hydrogen) atoms. The van der Waals surface area contributed by atoms with Crippen molar-refractivity contribution in [2.45, 2.75) is 20.8 Å². The van der Waals surface area contributed by atoms with Crippen molar-refractivity contribution in [3.8, 4) is 11.4 Å². The van der Waals surface area contributed by atoms with E-state index in [2.05, 4.69) is 55.2 Å². The first-order valence-electron chi connectivity index (χ1n) is 6.45. The molecule has 0 saturated carbocycles. The van der Waals surface area contributed by atoms with Gasteiger partial charge in [0.05, 0.1) is 16.9 Å². The molecular formula is C17H16N2. The average molecular weight is 248 g/mol. The van der Waals surface area contributed by atoms with Gasteiger partial charge in [0.15, 0.2) is 0 Å². The second kappa shape index (κ2) is 4.47. The summed E-state index contributed by atoms with van der Waals surface area (Å²) in [5.41, 5.74) is 6.40. The third-order valence-electron chi connectivity index (χ3n) is 3.20. The van der Waals surface area contributed by atoms with Crippen molar-refractivity contribution in [2.75, 3.05) is 0 Å². The van der Waals surface area contributed by atoms with Gasteiger partial charge in [-0.25, -0.2) is 4.98 Å². The van der Waals surface area contributed by atoms with E-state index in [1.807, 2.05) is 13.0 Å². The molecule has 0 aliphatic heterocycles. The van der Waals surface area contributed by atoms with E-state index < -0.39 is 0 Å². The Labute approximate surface area is 113 Å². The van der Waals surface area contributed by atoms with Crippen LogP contribution in [0.15, 0.2) is 42.5 Å². The Kier molecular flexibility index (Phi) is 2.79. The number of nitrogens with zero attached hydrogens (tertiary/aromatic N) is 2. The maximum atomic E-state index is 4.71. The minimum Gasteiger partial charge on any atom is -0.251 e. The topological polar surface area (TPSA) is 25.8 Å². The number of aryl methyl sites for hydroxylation is 3. The summed E-state index contributed by atoms with van der Waals surface area (Å²) < 4.78 is 0. The average Bonchev–Trinajstić information content (AvgIpc) is 2.37. The highest BCUT2D eigenvalue weighted by Gasteiger charge is 2.04. The summed E-state index contributed by atoms with van der Waals surface area (Å²) in [6.45, 7) is 6.20. The van der Waals surface area contributed by atoms with Crippen molar-refractivity contribution < 1.29 is 0 Å². The van der Waals surface area contributed by atoms with E-state index in [0.717, 1.165) is 22.6 Å². The summed E-state index contributed by atoms with van der Waals surface area (Å²) in [6.07, 6.45) is 0. The van der Waals surface area contributed by atoms with E-state index >= 15 is 0 Å². The molecule has 0 aliphatic rings. The Morgan fingerprint density at radius 1 is 0.684 bits per heavy atom. The zero-order chi connectivity index (χ0) is 13.4. The Balaban J connectivity index is 2.17. The van der Waals surface area contributed by atoms with Crippen LogP contribution in [0.5, 0.6) is 0 Å². The van der Waals surface area contributed by atoms with Crippen molar-refractivity contribution in [1.82, 2.24) is 9.97 Å². The Morgan fingerprint density at radius 2 is 1.53 bits per heavy atom. The van der Waals surface area contributed by atoms with Crippen molar-refractivity contribution >= 4 is 10.9 Å². The van der Waals surface area contributed by atoms with Crippen LogP contribution >= 0.6 is 0 Å². The zero-order valence-corrected chi connectivity index (χ0v) is 11.4. The van der Waals surface area contributed by atoms with Crippen molar-refractivity contribution in [3.05, 3.63) is 59.3 Å². The fourth-order valence-corrected chi connectivity index (χ4v) is 2.36. The van der Waals surface area contributed by atoms with Crippen LogP contribution in [0.3, 0.4) is 0 Å². The van der Waals surface area contributed by atoms with E-state index in [0.29, 0.717) is 0 Å². The summed E-state index contributed by atoms with van der Waals surface area (Å²) in [7, 11) is 0. The molecule has 94 valence electrons. The summed E-state index contributed by atoms with van der Waals surface area (Å²) >= 11 is 0. The van der Waals surface area contributed by atoms with Crippen LogP contribution in [0.1, 0.15) is 16.8 Å². The quantitative estimate of drug-likeness (QED) is 0.644. The van der Waals surface area contributed by atoms with Crippen LogP contribution in [-0.4, -0.2) is 9.97 Å². The highest BCUT2D eigenvalue weighted by atomic mass is 14.8. The largest absolute Gasteiger partial charge is 0.251 e. The molecule has 0 fully saturated rings. The number of aromatic nitrogens is 2. The van der Waals surface area contributed by atoms with Crippen LogP contribution < -0.4 is 0 Å². The number of pyridine rings is 2. The molecule has 1 aromatic carbocycles. The molecule has 2 heteroatoms. The lowest BCUT2D eigenvalue weighted by atomic mass is 10.1. The Bertz CT molecular complexity index is 740. The van der Waals surface area contributed by atoms with Crippen LogP contribution in [0.2, 0.25) is 0 Å². The van der Waals surface area contributed by atoms with E-state index in [9.17, 15) is 0 Å². The van der Waals surface area contributed by atoms with Gasteiger partial charge in [-0.1, -0.05) is 17.7 Å². The van der Waals surface area contributed by atoms with Crippen LogP contribution in [0.25, 0.3) is 22.3 Å². The second-order valence-corrected chi connectivity index (χ2v) is 5.06. The fraction of sp³-hybridized carbons (Fsp3) is 0.176. The third-order valence-corrected chi connectivity index (χ3v) is 3.20. The number of rotatable bonds is 1. The predicted octanol–water partition coefficient (Wildman–Crippen LogP) is 4.22. The first-order valence-corrected chi connectivity index (χ1v) is 6.45. The van der Waals surface area contributed by atoms with Gasteiger partial charge >= 0.3 is 0 Å². The molecule has 0 amide bonds. The van der Waals surface area contributed by atoms with Gasteiger partial charge in [-0.05, 0) is 56.7 Å². The number of hydrogen-bond acceptors (Lipinski definition) is 2. The maximum Gasteiger partial charge on any atom is 0.0894 e. The van der Waals surface area contributed by atoms with E-state index in [4.69, 9.17) is 4.98 Å². The van der Waals surface area contributed by atoms with Gasteiger partial charge < -0.3 is 0 Å². The number of hydrogen-bond donors (Lipinski definition) is 0. The molecule has 3 rings (SSSR count). The third kappa shape index (κ3) is 2.34. The van der Waals surface area contributed by atoms with Gasteiger partial charge in [-0.2, -0.15) is 0 Å². The minimum atomic E-state index is 0.933. The molecule has 3 aromatic rings. The molecule has 0 saturated heterocycles. The summed E-state index contributed by atoms with van der Waals surface area (Å²) in [5.74, 6) is 0. The van der Waals surface area contributed by atoms with Gasteiger partial charge in [0.1, 0.15) is 0 Å². The van der Waals surface area contributed by atoms with Gasteiger partial charge in [0, 0.05) is 11.1 Å². The molecule has 0 N–H and O–H groups in total. The van der Waals surface area contributed by atoms with Crippen LogP contribution in [0, 0.1) is 20.8 Å². The molecule has 0 bridgehead atoms. The molecule has 0 spiro atoms. The first kappa shape index (κ1) is 11.8. The van der Waals surface area contributed by atoms with E-state index in [1.165, 1.54) is 16.5 Å². The Hall–Kier alpha value is -2.22. The van der Waals surface area contributed by atoms with Gasteiger partial charge in [-0.3, -0.25) is 4.98 Å². The van der Waals surface area contributed by atoms with Crippen molar-refractivity contribution in [3.63, 3.8) is 0 Å². The Morgan fingerprint density at radius 3 is 2.32 bits per heavy atom. The molecule has 2 aromatic heterocycles. The zero-order valence-electron chi connectivity index (χ0n) is 11.4. The maximum absolute atomic E-state index is 4.71. The molecule has 0 radical (unpaired) electrons. The molecule has 0 atom stereocenters. The SMILES string of the molecule is Cc1cc(C)nc(-c2ccc3cc(C)ccc3n2)c1. The van der Waals surface area contributed by atoms with Gasteiger partial charge in [0.25, 0.3) is 0 Å². The van der Waals surface area contributed by atoms with Crippen molar-refractivity contribution in [2.24, 2.45) is 0 Å². The molecule has 0 aliphatic carbocycles. The standard InChI is InChI=1S/C17H16N2/c1-11-4-6-15-14(9-11)5-7-16(19-15)17-10-12(2)8-13(3)18-17/h4-10H,1-3H3. The van der Waals surface area contributed by atoms with Gasteiger partial charge in [0.2, 0.25) is 0 Å². The van der Waals surface area contributed by atoms with Gasteiger partial charge in [-0.15, -0.1) is 0 Å². The molecule has 2 nitrogen and oxygen atoms in total. The summed E-state index contributed by atoms with van der Waals surface area (Å²) in [5, 5.41) is 1.17. The highest BCUT2D eigenvalue weighted by Crippen LogP contribution is 2.21. The molecular weight excluding hydrogens is 232 g/mol. The van der Waals surface area contributed by atoms with E-state index in [1.54, 1.807) is 0 Å². The second-order valence-electron chi connectivity index (χ2n) is 5.06. The lowest BCUT2D eigenvalue weighted by Gasteiger charge is -2.05. The van der Waals surface area contributed by atoms with Crippen LogP contribution in [-0.2, 0) is 0 Å².